The lowest BCUT2D eigenvalue weighted by Gasteiger charge is -2.45. The molecule has 10 aromatic rings. The number of rotatable bonds is 10. The predicted molar refractivity (Wildman–Crippen MR) is 320 cm³/mol. The van der Waals surface area contributed by atoms with Gasteiger partial charge in [0.2, 0.25) is 0 Å². The van der Waals surface area contributed by atoms with Crippen LogP contribution in [0.15, 0.2) is 231 Å². The van der Waals surface area contributed by atoms with Gasteiger partial charge in [-0.15, -0.1) is 0 Å². The van der Waals surface area contributed by atoms with Crippen molar-refractivity contribution in [3.63, 3.8) is 0 Å². The van der Waals surface area contributed by atoms with Gasteiger partial charge in [-0.25, -0.2) is 4.79 Å². The predicted octanol–water partition coefficient (Wildman–Crippen LogP) is 16.7. The largest absolute Gasteiger partial charge is 0.457 e. The quantitative estimate of drug-likeness (QED) is 0.101. The van der Waals surface area contributed by atoms with Gasteiger partial charge in [-0.1, -0.05) is 189 Å². The molecule has 372 valence electrons. The van der Waals surface area contributed by atoms with E-state index in [1.54, 1.807) is 0 Å². The second-order valence-corrected chi connectivity index (χ2v) is 21.6. The number of carbonyl (C=O) groups excluding carboxylic acids is 1. The van der Waals surface area contributed by atoms with Crippen LogP contribution in [-0.2, 0) is 24.2 Å². The van der Waals surface area contributed by atoms with E-state index in [-0.39, 0.29) is 19.3 Å². The van der Waals surface area contributed by atoms with Crippen LogP contribution in [0.4, 0.5) is 34.1 Å². The maximum absolute atomic E-state index is 15.2. The van der Waals surface area contributed by atoms with Crippen LogP contribution in [0.1, 0.15) is 83.5 Å². The second-order valence-electron chi connectivity index (χ2n) is 21.6. The topological polar surface area (TPSA) is 32.8 Å². The summed E-state index contributed by atoms with van der Waals surface area (Å²) in [6.45, 7) is 0.0559. The van der Waals surface area contributed by atoms with E-state index in [0.29, 0.717) is 11.5 Å². The van der Waals surface area contributed by atoms with E-state index in [4.69, 9.17) is 4.74 Å². The molecule has 2 heterocycles. The number of hydrogen-bond acceptors (Lipinski definition) is 4. The second kappa shape index (κ2) is 20.1. The Morgan fingerprint density at radius 1 is 0.416 bits per heavy atom. The van der Waals surface area contributed by atoms with Crippen molar-refractivity contribution in [2.24, 2.45) is 0 Å². The summed E-state index contributed by atoms with van der Waals surface area (Å²) in [6.07, 6.45) is 10.6. The van der Waals surface area contributed by atoms with Gasteiger partial charge in [0.1, 0.15) is 6.61 Å². The lowest BCUT2D eigenvalue weighted by atomic mass is 9.33. The summed E-state index contributed by atoms with van der Waals surface area (Å²) in [7, 11) is 0. The van der Waals surface area contributed by atoms with E-state index in [2.05, 4.69) is 210 Å². The summed E-state index contributed by atoms with van der Waals surface area (Å²) in [4.78, 5) is 20.2. The van der Waals surface area contributed by atoms with Gasteiger partial charge >= 0.3 is 5.97 Å². The first-order valence-electron chi connectivity index (χ1n) is 27.9. The number of aryl methyl sites for hydroxylation is 2. The molecule has 5 heteroatoms. The van der Waals surface area contributed by atoms with Crippen molar-refractivity contribution in [3.05, 3.63) is 258 Å². The van der Waals surface area contributed by atoms with Crippen LogP contribution in [0.3, 0.4) is 0 Å². The third-order valence-corrected chi connectivity index (χ3v) is 16.9. The molecule has 0 atom stereocenters. The van der Waals surface area contributed by atoms with Crippen molar-refractivity contribution in [3.8, 4) is 44.5 Å². The fraction of sp³-hybridized carbons (Fsp3) is 0.153. The fourth-order valence-electron chi connectivity index (χ4n) is 13.1. The van der Waals surface area contributed by atoms with Gasteiger partial charge in [-0.2, -0.15) is 0 Å². The molecule has 0 saturated heterocycles. The minimum absolute atomic E-state index is 0.115. The van der Waals surface area contributed by atoms with Crippen molar-refractivity contribution in [2.45, 2.75) is 70.3 Å². The molecule has 2 aliphatic carbocycles. The Morgan fingerprint density at radius 2 is 0.870 bits per heavy atom. The van der Waals surface area contributed by atoms with Crippen LogP contribution in [-0.4, -0.2) is 12.7 Å². The number of ether oxygens (including phenoxy) is 1. The van der Waals surface area contributed by atoms with E-state index >= 15 is 4.79 Å². The highest BCUT2D eigenvalue weighted by atomic mass is 16.5. The minimum atomic E-state index is -0.353. The summed E-state index contributed by atoms with van der Waals surface area (Å²) < 4.78 is 6.38. The van der Waals surface area contributed by atoms with Gasteiger partial charge in [0.05, 0.1) is 5.56 Å². The standard InChI is InChI=1S/C72H59BN2O2/c76-72(77-48-49-21-7-1-8-22-49)62-46-69-71-70(47-62)75(64-41-60(53-29-15-5-16-30-53)38-61(42-64)54-31-17-6-18-32-54)68-44-56-34-20-19-33-55(56)43-66(68)73(71)65-36-35-57(50-23-9-2-10-24-50)45-67(65)74(69)63-39-58(51-25-11-3-12-26-51)37-59(40-63)52-27-13-4-14-28-52/h1,3-8,11-18,21-22,25-32,35-47,50H,2,9-10,19-20,23-24,33-34,48H2. The number of anilines is 6. The molecule has 4 aliphatic rings. The highest BCUT2D eigenvalue weighted by Gasteiger charge is 2.45. The molecule has 1 fully saturated rings. The molecule has 77 heavy (non-hydrogen) atoms. The van der Waals surface area contributed by atoms with Crippen molar-refractivity contribution in [2.75, 3.05) is 9.80 Å². The van der Waals surface area contributed by atoms with Crippen LogP contribution in [0.25, 0.3) is 44.5 Å². The minimum Gasteiger partial charge on any atom is -0.457 e. The Morgan fingerprint density at radius 3 is 1.36 bits per heavy atom. The van der Waals surface area contributed by atoms with Crippen LogP contribution >= 0.6 is 0 Å². The van der Waals surface area contributed by atoms with Gasteiger partial charge in [0, 0.05) is 34.1 Å². The van der Waals surface area contributed by atoms with Crippen LogP contribution in [0.2, 0.25) is 0 Å². The summed E-state index contributed by atoms with van der Waals surface area (Å²) in [6, 6.07) is 84.1. The van der Waals surface area contributed by atoms with Crippen LogP contribution in [0.5, 0.6) is 0 Å². The molecule has 10 aromatic carbocycles. The Bertz CT molecular complexity index is 3700. The van der Waals surface area contributed by atoms with E-state index < -0.39 is 0 Å². The average Bonchev–Trinajstić information content (AvgIpc) is 3.52. The molecule has 14 rings (SSSR count). The zero-order valence-corrected chi connectivity index (χ0v) is 43.4. The molecule has 0 radical (unpaired) electrons. The molecule has 0 aromatic heterocycles. The van der Waals surface area contributed by atoms with Crippen LogP contribution in [0, 0.1) is 0 Å². The van der Waals surface area contributed by atoms with Gasteiger partial charge in [0.15, 0.2) is 0 Å². The summed E-state index contributed by atoms with van der Waals surface area (Å²) in [5, 5.41) is 0. The lowest BCUT2D eigenvalue weighted by molar-refractivity contribution is 0.0473. The maximum atomic E-state index is 15.2. The molecular formula is C72H59BN2O2. The fourth-order valence-corrected chi connectivity index (χ4v) is 13.1. The highest BCUT2D eigenvalue weighted by molar-refractivity contribution is 7.00. The molecule has 0 bridgehead atoms. The first-order valence-corrected chi connectivity index (χ1v) is 27.9. The number of carbonyl (C=O) groups is 1. The molecule has 4 nitrogen and oxygen atoms in total. The van der Waals surface area contributed by atoms with Gasteiger partial charge in [-0.05, 0) is 188 Å². The lowest BCUT2D eigenvalue weighted by Crippen LogP contribution is -2.61. The number of hydrogen-bond donors (Lipinski definition) is 0. The molecule has 0 amide bonds. The average molecular weight is 995 g/mol. The van der Waals surface area contributed by atoms with Crippen molar-refractivity contribution in [1.82, 2.24) is 0 Å². The van der Waals surface area contributed by atoms with E-state index in [1.165, 1.54) is 89.4 Å². The van der Waals surface area contributed by atoms with E-state index in [1.807, 2.05) is 30.3 Å². The Balaban J connectivity index is 1.08. The number of esters is 1. The zero-order valence-electron chi connectivity index (χ0n) is 43.4. The van der Waals surface area contributed by atoms with Gasteiger partial charge in [0.25, 0.3) is 6.71 Å². The molecule has 2 aliphatic heterocycles. The van der Waals surface area contributed by atoms with Gasteiger partial charge in [-0.3, -0.25) is 0 Å². The Kier molecular flexibility index (Phi) is 12.2. The normalized spacial score (nSPS) is 14.5. The molecule has 1 saturated carbocycles. The highest BCUT2D eigenvalue weighted by Crippen LogP contribution is 2.49. The summed E-state index contributed by atoms with van der Waals surface area (Å²) in [5.74, 6) is 0.132. The SMILES string of the molecule is O=C(OCc1ccccc1)c1cc2c3c(c1)N(c1cc(-c4ccccc4)cc(-c4ccccc4)c1)c1cc4c(cc1B3c1ccc(C3CCCCC3)cc1N2c1cc(-c2ccccc2)cc(-c2ccccc2)c1)CCCC4. The van der Waals surface area contributed by atoms with Crippen molar-refractivity contribution >= 4 is 63.2 Å². The Labute approximate surface area is 453 Å². The third-order valence-electron chi connectivity index (χ3n) is 16.9. The third kappa shape index (κ3) is 8.84. The summed E-state index contributed by atoms with van der Waals surface area (Å²) >= 11 is 0. The monoisotopic (exact) mass is 994 g/mol. The van der Waals surface area contributed by atoms with E-state index in [9.17, 15) is 0 Å². The number of benzene rings is 10. The number of fused-ring (bicyclic) bond motifs is 5. The number of nitrogens with zero attached hydrogens (tertiary/aromatic N) is 2. The van der Waals surface area contributed by atoms with Crippen LogP contribution < -0.4 is 26.2 Å². The van der Waals surface area contributed by atoms with Crippen molar-refractivity contribution < 1.29 is 9.53 Å². The molecule has 0 spiro atoms. The zero-order chi connectivity index (χ0) is 51.2. The first-order chi connectivity index (χ1) is 38.1. The van der Waals surface area contributed by atoms with Gasteiger partial charge < -0.3 is 14.5 Å². The Hall–Kier alpha value is -8.67. The summed E-state index contributed by atoms with van der Waals surface area (Å²) in [5.41, 5.74) is 25.0. The van der Waals surface area contributed by atoms with E-state index in [0.717, 1.165) is 85.7 Å². The molecular weight excluding hydrogens is 936 g/mol. The molecule has 0 unspecified atom stereocenters. The van der Waals surface area contributed by atoms with Crippen molar-refractivity contribution in [1.29, 1.82) is 0 Å². The first kappa shape index (κ1) is 46.8. The maximum Gasteiger partial charge on any atom is 0.338 e. The molecule has 0 N–H and O–H groups in total. The smallest absolute Gasteiger partial charge is 0.338 e.